The molecule has 10 heteroatoms. The fourth-order valence-electron chi connectivity index (χ4n) is 4.32. The topological polar surface area (TPSA) is 94.3 Å². The molecule has 0 aliphatic heterocycles. The number of fused-ring (bicyclic) bond motifs is 2. The van der Waals surface area contributed by atoms with Crippen molar-refractivity contribution >= 4 is 44.8 Å². The average molecular weight is 492 g/mol. The number of esters is 1. The van der Waals surface area contributed by atoms with Crippen molar-refractivity contribution in [2.45, 2.75) is 45.7 Å². The number of nitrogens with two attached hydrogens (primary N) is 1. The smallest absolute Gasteiger partial charge is 0.417 e. The van der Waals surface area contributed by atoms with E-state index in [2.05, 4.69) is 10.3 Å². The highest BCUT2D eigenvalue weighted by atomic mass is 32.1. The highest BCUT2D eigenvalue weighted by Gasteiger charge is 2.40. The molecule has 0 saturated carbocycles. The van der Waals surface area contributed by atoms with Crippen LogP contribution in [0.2, 0.25) is 0 Å². The van der Waals surface area contributed by atoms with E-state index in [4.69, 9.17) is 10.5 Å². The molecule has 1 aliphatic carbocycles. The number of aryl methyl sites for hydroxylation is 1. The number of nitrogens with zero attached hydrogens (tertiary/aromatic N) is 1. The van der Waals surface area contributed by atoms with E-state index in [-0.39, 0.29) is 38.9 Å². The summed E-state index contributed by atoms with van der Waals surface area (Å²) in [5.41, 5.74) is 6.47. The number of thiophene rings is 1. The summed E-state index contributed by atoms with van der Waals surface area (Å²) in [4.78, 5) is 29.3. The number of carbonyl (C=O) groups is 2. The van der Waals surface area contributed by atoms with Gasteiger partial charge in [-0.1, -0.05) is 13.3 Å². The molecule has 180 valence electrons. The number of halogens is 3. The molecule has 0 saturated heterocycles. The number of nitrogens with one attached hydrogen (secondary N) is 1. The van der Waals surface area contributed by atoms with E-state index >= 15 is 0 Å². The summed E-state index contributed by atoms with van der Waals surface area (Å²) in [6.07, 6.45) is -2.27. The third kappa shape index (κ3) is 4.46. The number of carbonyl (C=O) groups excluding carboxylic acids is 2. The Morgan fingerprint density at radius 1 is 1.24 bits per heavy atom. The number of aromatic nitrogens is 1. The van der Waals surface area contributed by atoms with E-state index in [1.807, 2.05) is 6.92 Å². The van der Waals surface area contributed by atoms with Gasteiger partial charge in [0.05, 0.1) is 23.4 Å². The predicted molar refractivity (Wildman–Crippen MR) is 125 cm³/mol. The number of rotatable bonds is 5. The zero-order chi connectivity index (χ0) is 24.6. The molecule has 3 aromatic rings. The minimum Gasteiger partial charge on any atom is -0.462 e. The van der Waals surface area contributed by atoms with Gasteiger partial charge in [0.15, 0.2) is 0 Å². The summed E-state index contributed by atoms with van der Waals surface area (Å²) < 4.78 is 47.6. The number of benzene rings is 1. The maximum atomic E-state index is 14.2. The molecular weight excluding hydrogens is 467 g/mol. The van der Waals surface area contributed by atoms with Crippen LogP contribution in [0.4, 0.5) is 24.5 Å². The molecule has 0 bridgehead atoms. The lowest BCUT2D eigenvalue weighted by molar-refractivity contribution is -0.137. The first-order valence-electron chi connectivity index (χ1n) is 11.0. The van der Waals surface area contributed by atoms with Gasteiger partial charge in [0.25, 0.3) is 5.91 Å². The summed E-state index contributed by atoms with van der Waals surface area (Å²) in [7, 11) is 0. The summed E-state index contributed by atoms with van der Waals surface area (Å²) in [5.74, 6) is -0.968. The molecule has 34 heavy (non-hydrogen) atoms. The largest absolute Gasteiger partial charge is 0.462 e. The van der Waals surface area contributed by atoms with E-state index < -0.39 is 23.6 Å². The number of pyridine rings is 1. The van der Waals surface area contributed by atoms with Crippen LogP contribution in [0.5, 0.6) is 0 Å². The fourth-order valence-corrected chi connectivity index (χ4v) is 5.34. The van der Waals surface area contributed by atoms with E-state index in [9.17, 15) is 22.8 Å². The second-order valence-corrected chi connectivity index (χ2v) is 9.20. The van der Waals surface area contributed by atoms with Gasteiger partial charge in [-0.25, -0.2) is 9.78 Å². The number of nitrogen functional groups attached to an aromatic ring is 1. The summed E-state index contributed by atoms with van der Waals surface area (Å²) in [6, 6.07) is 6.00. The van der Waals surface area contributed by atoms with Crippen molar-refractivity contribution in [3.63, 3.8) is 0 Å². The van der Waals surface area contributed by atoms with Gasteiger partial charge in [0.1, 0.15) is 9.71 Å². The maximum Gasteiger partial charge on any atom is 0.417 e. The zero-order valence-corrected chi connectivity index (χ0v) is 19.5. The van der Waals surface area contributed by atoms with Crippen molar-refractivity contribution in [2.75, 3.05) is 17.7 Å². The normalized spacial score (nSPS) is 15.7. The van der Waals surface area contributed by atoms with Crippen LogP contribution in [0, 0.1) is 5.92 Å². The van der Waals surface area contributed by atoms with Gasteiger partial charge in [-0.3, -0.25) is 4.79 Å². The van der Waals surface area contributed by atoms with Gasteiger partial charge in [0.2, 0.25) is 0 Å². The Balaban J connectivity index is 1.71. The summed E-state index contributed by atoms with van der Waals surface area (Å²) >= 11 is 0.853. The molecule has 6 nitrogen and oxygen atoms in total. The lowest BCUT2D eigenvalue weighted by Gasteiger charge is -2.26. The first-order chi connectivity index (χ1) is 16.1. The Morgan fingerprint density at radius 2 is 1.94 bits per heavy atom. The molecule has 0 fully saturated rings. The van der Waals surface area contributed by atoms with Crippen molar-refractivity contribution in [1.29, 1.82) is 0 Å². The van der Waals surface area contributed by atoms with Crippen molar-refractivity contribution in [3.8, 4) is 0 Å². The first kappa shape index (κ1) is 24.0. The minimum atomic E-state index is -4.62. The number of hydrogen-bond acceptors (Lipinski definition) is 6. The molecule has 0 spiro atoms. The Bertz CT molecular complexity index is 1250. The number of ether oxygens (including phenoxy) is 1. The number of anilines is 2. The fraction of sp³-hybridized carbons (Fsp3) is 0.375. The second kappa shape index (κ2) is 9.25. The maximum absolute atomic E-state index is 14.2. The van der Waals surface area contributed by atoms with Gasteiger partial charge >= 0.3 is 12.1 Å². The van der Waals surface area contributed by atoms with E-state index in [0.717, 1.165) is 24.2 Å². The van der Waals surface area contributed by atoms with Crippen LogP contribution >= 0.6 is 11.3 Å². The molecule has 3 N–H and O–H groups in total. The SMILES string of the molecule is CCOC(=O)c1ccc(NC(=O)c2sc3nc4c(c(C(F)(F)F)c3c2N)C[C@H](CC)CC4)cc1. The van der Waals surface area contributed by atoms with Gasteiger partial charge < -0.3 is 15.8 Å². The first-order valence-corrected chi connectivity index (χ1v) is 11.8. The highest BCUT2D eigenvalue weighted by molar-refractivity contribution is 7.21. The minimum absolute atomic E-state index is 0.0307. The van der Waals surface area contributed by atoms with Crippen molar-refractivity contribution in [1.82, 2.24) is 4.98 Å². The Morgan fingerprint density at radius 3 is 2.56 bits per heavy atom. The molecular formula is C24H24F3N3O3S. The Labute approximate surface area is 198 Å². The Hall–Kier alpha value is -3.14. The van der Waals surface area contributed by atoms with Gasteiger partial charge in [0, 0.05) is 16.8 Å². The molecule has 2 heterocycles. The van der Waals surface area contributed by atoms with Crippen LogP contribution in [-0.4, -0.2) is 23.5 Å². The summed E-state index contributed by atoms with van der Waals surface area (Å²) in [6.45, 7) is 3.90. The molecule has 0 radical (unpaired) electrons. The van der Waals surface area contributed by atoms with E-state index in [0.29, 0.717) is 29.8 Å². The van der Waals surface area contributed by atoms with Crippen LogP contribution < -0.4 is 11.1 Å². The van der Waals surface area contributed by atoms with Crippen molar-refractivity contribution in [2.24, 2.45) is 5.92 Å². The van der Waals surface area contributed by atoms with Crippen LogP contribution in [0.25, 0.3) is 10.2 Å². The van der Waals surface area contributed by atoms with Crippen molar-refractivity contribution in [3.05, 3.63) is 51.5 Å². The van der Waals surface area contributed by atoms with E-state index in [1.54, 1.807) is 6.92 Å². The van der Waals surface area contributed by atoms with Crippen LogP contribution in [-0.2, 0) is 23.8 Å². The quantitative estimate of drug-likeness (QED) is 0.437. The van der Waals surface area contributed by atoms with Crippen LogP contribution in [0.3, 0.4) is 0 Å². The number of hydrogen-bond donors (Lipinski definition) is 2. The monoisotopic (exact) mass is 491 g/mol. The highest BCUT2D eigenvalue weighted by Crippen LogP contribution is 2.46. The van der Waals surface area contributed by atoms with Gasteiger partial charge in [-0.05, 0) is 61.9 Å². The van der Waals surface area contributed by atoms with Crippen molar-refractivity contribution < 1.29 is 27.5 Å². The third-order valence-corrected chi connectivity index (χ3v) is 7.16. The lowest BCUT2D eigenvalue weighted by atomic mass is 9.82. The van der Waals surface area contributed by atoms with Crippen LogP contribution in [0.15, 0.2) is 24.3 Å². The molecule has 1 amide bonds. The standard InChI is InChI=1S/C24H24F3N3O3S/c1-3-12-5-10-16-15(11-12)18(24(25,26)27)17-19(28)20(34-22(17)30-16)21(31)29-14-8-6-13(7-9-14)23(32)33-4-2/h6-9,12H,3-5,10-11,28H2,1-2H3,(H,29,31)/t12-/m1/s1. The van der Waals surface area contributed by atoms with E-state index in [1.165, 1.54) is 24.3 Å². The number of amides is 1. The molecule has 1 aromatic carbocycles. The molecule has 0 unspecified atom stereocenters. The van der Waals surface area contributed by atoms with Gasteiger partial charge in [-0.2, -0.15) is 13.2 Å². The molecule has 2 aromatic heterocycles. The molecule has 1 atom stereocenters. The number of alkyl halides is 3. The van der Waals surface area contributed by atoms with Gasteiger partial charge in [-0.15, -0.1) is 11.3 Å². The third-order valence-electron chi connectivity index (χ3n) is 6.07. The van der Waals surface area contributed by atoms with Crippen LogP contribution in [0.1, 0.15) is 63.5 Å². The summed E-state index contributed by atoms with van der Waals surface area (Å²) in [5, 5.41) is 2.43. The second-order valence-electron chi connectivity index (χ2n) is 8.20. The zero-order valence-electron chi connectivity index (χ0n) is 18.7. The lowest BCUT2D eigenvalue weighted by Crippen LogP contribution is -2.21. The average Bonchev–Trinajstić information content (AvgIpc) is 3.12. The Kier molecular flexibility index (Phi) is 6.53. The predicted octanol–water partition coefficient (Wildman–Crippen LogP) is 5.84. The molecule has 4 rings (SSSR count). The molecule has 1 aliphatic rings.